The maximum absolute atomic E-state index is 10.9. The fraction of sp³-hybridized carbons (Fsp3) is 0.222. The van der Waals surface area contributed by atoms with Gasteiger partial charge in [0.1, 0.15) is 11.0 Å². The number of hydrogen-bond donors (Lipinski definition) is 1. The maximum Gasteiger partial charge on any atom is 0.329 e. The van der Waals surface area contributed by atoms with Crippen LogP contribution in [0.2, 0.25) is 0 Å². The van der Waals surface area contributed by atoms with Gasteiger partial charge in [0.2, 0.25) is 0 Å². The van der Waals surface area contributed by atoms with E-state index in [0.29, 0.717) is 10.3 Å². The Morgan fingerprint density at radius 1 is 1.31 bits per heavy atom. The van der Waals surface area contributed by atoms with Crippen molar-refractivity contribution in [1.29, 1.82) is 0 Å². The number of nitrogens with one attached hydrogen (secondary N) is 1. The van der Waals surface area contributed by atoms with E-state index in [1.54, 1.807) is 12.1 Å². The molecule has 0 unspecified atom stereocenters. The van der Waals surface area contributed by atoms with Crippen molar-refractivity contribution in [3.63, 3.8) is 0 Å². The first-order valence-electron chi connectivity index (χ1n) is 4.40. The molecule has 6 nitrogen and oxygen atoms in total. The number of ether oxygens (including phenoxy) is 2. The first kappa shape index (κ1) is 10.9. The smallest absolute Gasteiger partial charge is 0.329 e. The summed E-state index contributed by atoms with van der Waals surface area (Å²) in [5.74, 6) is -1.22. The zero-order chi connectivity index (χ0) is 11.5. The highest BCUT2D eigenvalue weighted by Gasteiger charge is 2.27. The molecule has 2 heterocycles. The molecule has 1 fully saturated rings. The van der Waals surface area contributed by atoms with Gasteiger partial charge in [-0.15, -0.1) is 0 Å². The van der Waals surface area contributed by atoms with Crippen LogP contribution in [0.5, 0.6) is 0 Å². The molecule has 1 aliphatic rings. The molecule has 0 saturated carbocycles. The number of halogens is 1. The van der Waals surface area contributed by atoms with Gasteiger partial charge < -0.3 is 14.8 Å². The van der Waals surface area contributed by atoms with Gasteiger partial charge in [0.05, 0.1) is 11.9 Å². The Bertz CT molecular complexity index is 404. The maximum atomic E-state index is 10.9. The second-order valence-electron chi connectivity index (χ2n) is 3.00. The Labute approximate surface area is 99.1 Å². The Kier molecular flexibility index (Phi) is 3.04. The van der Waals surface area contributed by atoms with Crippen LogP contribution in [0, 0.1) is 0 Å². The van der Waals surface area contributed by atoms with Crippen molar-refractivity contribution in [2.75, 3.05) is 5.32 Å². The Balaban J connectivity index is 2.01. The second kappa shape index (κ2) is 4.48. The molecule has 1 aromatic heterocycles. The van der Waals surface area contributed by atoms with Crippen molar-refractivity contribution in [3.05, 3.63) is 22.9 Å². The van der Waals surface area contributed by atoms with Crippen LogP contribution in [0.3, 0.4) is 0 Å². The average Bonchev–Trinajstić information content (AvgIpc) is 2.20. The second-order valence-corrected chi connectivity index (χ2v) is 3.81. The Morgan fingerprint density at radius 2 is 2.00 bits per heavy atom. The molecule has 1 saturated heterocycles. The minimum atomic E-state index is -1.09. The molecule has 0 aromatic carbocycles. The van der Waals surface area contributed by atoms with Crippen molar-refractivity contribution < 1.29 is 19.1 Å². The van der Waals surface area contributed by atoms with E-state index in [1.807, 2.05) is 0 Å². The SMILES string of the molecule is O=C1CC(=O)OC(Nc2ccc(Br)nc2)O1. The van der Waals surface area contributed by atoms with Crippen molar-refractivity contribution in [3.8, 4) is 0 Å². The van der Waals surface area contributed by atoms with E-state index in [2.05, 4.69) is 26.2 Å². The van der Waals surface area contributed by atoms with E-state index in [4.69, 9.17) is 9.47 Å². The molecule has 1 aliphatic heterocycles. The predicted octanol–water partition coefficient (Wildman–Crippen LogP) is 1.03. The molecule has 0 aliphatic carbocycles. The van der Waals surface area contributed by atoms with E-state index >= 15 is 0 Å². The summed E-state index contributed by atoms with van der Waals surface area (Å²) in [6.45, 7) is 0. The summed E-state index contributed by atoms with van der Waals surface area (Å²) in [6.07, 6.45) is 0.0775. The average molecular weight is 287 g/mol. The standard InChI is InChI=1S/C9H7BrN2O4/c10-6-2-1-5(4-11-6)12-9-15-7(13)3-8(14)16-9/h1-2,4,9,12H,3H2. The van der Waals surface area contributed by atoms with Gasteiger partial charge >= 0.3 is 18.4 Å². The van der Waals surface area contributed by atoms with E-state index in [9.17, 15) is 9.59 Å². The summed E-state index contributed by atoms with van der Waals surface area (Å²) in [7, 11) is 0. The van der Waals surface area contributed by atoms with Crippen LogP contribution in [0.15, 0.2) is 22.9 Å². The van der Waals surface area contributed by atoms with Crippen molar-refractivity contribution in [2.24, 2.45) is 0 Å². The van der Waals surface area contributed by atoms with Crippen LogP contribution in [0.4, 0.5) is 5.69 Å². The Hall–Kier alpha value is -1.63. The molecular weight excluding hydrogens is 280 g/mol. The molecule has 84 valence electrons. The van der Waals surface area contributed by atoms with Gasteiger partial charge in [0.25, 0.3) is 0 Å². The van der Waals surface area contributed by atoms with Crippen LogP contribution in [-0.4, -0.2) is 23.3 Å². The summed E-state index contributed by atoms with van der Waals surface area (Å²) in [4.78, 5) is 25.8. The summed E-state index contributed by atoms with van der Waals surface area (Å²) in [6, 6.07) is 3.40. The highest BCUT2D eigenvalue weighted by molar-refractivity contribution is 9.10. The number of anilines is 1. The molecule has 0 atom stereocenters. The number of nitrogens with zero attached hydrogens (tertiary/aromatic N) is 1. The first-order chi connectivity index (χ1) is 7.63. The zero-order valence-corrected chi connectivity index (χ0v) is 9.56. The van der Waals surface area contributed by atoms with Crippen LogP contribution < -0.4 is 5.32 Å². The van der Waals surface area contributed by atoms with Gasteiger partial charge in [-0.05, 0) is 28.1 Å². The quantitative estimate of drug-likeness (QED) is 0.497. The summed E-state index contributed by atoms with van der Waals surface area (Å²) < 4.78 is 10.2. The van der Waals surface area contributed by atoms with Gasteiger partial charge in [0.15, 0.2) is 0 Å². The summed E-state index contributed by atoms with van der Waals surface area (Å²) in [5.41, 5.74) is 0.579. The topological polar surface area (TPSA) is 77.5 Å². The van der Waals surface area contributed by atoms with Gasteiger partial charge in [-0.2, -0.15) is 0 Å². The normalized spacial score (nSPS) is 16.6. The molecule has 0 radical (unpaired) electrons. The fourth-order valence-corrected chi connectivity index (χ4v) is 1.35. The third kappa shape index (κ3) is 2.69. The van der Waals surface area contributed by atoms with Gasteiger partial charge in [-0.25, -0.2) is 4.98 Å². The van der Waals surface area contributed by atoms with Crippen LogP contribution in [0.1, 0.15) is 6.42 Å². The summed E-state index contributed by atoms with van der Waals surface area (Å²) in [5, 5.41) is 2.70. The monoisotopic (exact) mass is 286 g/mol. The number of carbonyl (C=O) groups excluding carboxylic acids is 2. The van der Waals surface area contributed by atoms with Crippen molar-refractivity contribution in [2.45, 2.75) is 12.8 Å². The lowest BCUT2D eigenvalue weighted by molar-refractivity contribution is -0.197. The van der Waals surface area contributed by atoms with E-state index in [-0.39, 0.29) is 6.42 Å². The largest absolute Gasteiger partial charge is 0.406 e. The number of esters is 2. The third-order valence-electron chi connectivity index (χ3n) is 1.78. The first-order valence-corrected chi connectivity index (χ1v) is 5.20. The zero-order valence-electron chi connectivity index (χ0n) is 7.97. The molecular formula is C9H7BrN2O4. The van der Waals surface area contributed by atoms with Crippen LogP contribution in [0.25, 0.3) is 0 Å². The third-order valence-corrected chi connectivity index (χ3v) is 2.25. The molecule has 1 aromatic rings. The molecule has 2 rings (SSSR count). The molecule has 0 spiro atoms. The fourth-order valence-electron chi connectivity index (χ4n) is 1.12. The van der Waals surface area contributed by atoms with Gasteiger partial charge in [-0.3, -0.25) is 9.59 Å². The van der Waals surface area contributed by atoms with Crippen molar-refractivity contribution >= 4 is 33.6 Å². The molecule has 0 bridgehead atoms. The highest BCUT2D eigenvalue weighted by Crippen LogP contribution is 2.14. The predicted molar refractivity (Wildman–Crippen MR) is 56.1 cm³/mol. The molecule has 0 amide bonds. The van der Waals surface area contributed by atoms with Crippen molar-refractivity contribution in [1.82, 2.24) is 4.98 Å². The summed E-state index contributed by atoms with van der Waals surface area (Å²) >= 11 is 3.18. The lowest BCUT2D eigenvalue weighted by Gasteiger charge is -2.23. The number of hydrogen-bond acceptors (Lipinski definition) is 6. The minimum absolute atomic E-state index is 0.350. The van der Waals surface area contributed by atoms with Gasteiger partial charge in [0, 0.05) is 0 Å². The number of rotatable bonds is 2. The number of aromatic nitrogens is 1. The Morgan fingerprint density at radius 3 is 2.56 bits per heavy atom. The number of cyclic esters (lactones) is 2. The lowest BCUT2D eigenvalue weighted by Crippen LogP contribution is -2.37. The van der Waals surface area contributed by atoms with E-state index < -0.39 is 18.4 Å². The van der Waals surface area contributed by atoms with E-state index in [0.717, 1.165) is 0 Å². The lowest BCUT2D eigenvalue weighted by atomic mass is 10.4. The van der Waals surface area contributed by atoms with Crippen LogP contribution >= 0.6 is 15.9 Å². The van der Waals surface area contributed by atoms with E-state index in [1.165, 1.54) is 6.20 Å². The number of pyridine rings is 1. The minimum Gasteiger partial charge on any atom is -0.406 e. The van der Waals surface area contributed by atoms with Crippen LogP contribution in [-0.2, 0) is 19.1 Å². The number of carbonyl (C=O) groups is 2. The highest BCUT2D eigenvalue weighted by atomic mass is 79.9. The molecule has 16 heavy (non-hydrogen) atoms. The molecule has 1 N–H and O–H groups in total. The van der Waals surface area contributed by atoms with Gasteiger partial charge in [-0.1, -0.05) is 0 Å². The molecule has 7 heteroatoms.